The van der Waals surface area contributed by atoms with E-state index in [0.717, 1.165) is 25.2 Å². The average Bonchev–Trinajstić information content (AvgIpc) is 3.25. The summed E-state index contributed by atoms with van der Waals surface area (Å²) in [5.74, 6) is 0.931. The molecule has 2 heterocycles. The molecule has 1 aliphatic heterocycles. The number of Topliss-reactive ketones (excluding diaryl/α,β-unsaturated/α-hetero) is 1. The highest BCUT2D eigenvalue weighted by atomic mass is 32.2. The Hall–Kier alpha value is -2.06. The zero-order valence-electron chi connectivity index (χ0n) is 14.1. The first-order chi connectivity index (χ1) is 12.2. The first-order valence-electron chi connectivity index (χ1n) is 8.33. The summed E-state index contributed by atoms with van der Waals surface area (Å²) in [5, 5.41) is 6.99. The molecule has 1 atom stereocenters. The predicted molar refractivity (Wildman–Crippen MR) is 94.5 cm³/mol. The molecule has 0 bridgehead atoms. The zero-order chi connectivity index (χ0) is 17.6. The van der Waals surface area contributed by atoms with Crippen molar-refractivity contribution in [3.63, 3.8) is 0 Å². The zero-order valence-corrected chi connectivity index (χ0v) is 14.9. The maximum Gasteiger partial charge on any atom is 0.344 e. The predicted octanol–water partition coefficient (Wildman–Crippen LogP) is 2.12. The van der Waals surface area contributed by atoms with E-state index in [1.54, 1.807) is 28.8 Å². The van der Waals surface area contributed by atoms with Crippen LogP contribution < -0.4 is 10.4 Å². The van der Waals surface area contributed by atoms with Gasteiger partial charge < -0.3 is 9.47 Å². The van der Waals surface area contributed by atoms with Gasteiger partial charge in [-0.25, -0.2) is 9.89 Å². The summed E-state index contributed by atoms with van der Waals surface area (Å²) in [5.41, 5.74) is 0.339. The van der Waals surface area contributed by atoms with Gasteiger partial charge in [0.25, 0.3) is 0 Å². The highest BCUT2D eigenvalue weighted by Crippen LogP contribution is 2.20. The number of aromatic nitrogens is 3. The van der Waals surface area contributed by atoms with Crippen LogP contribution in [0.1, 0.15) is 30.1 Å². The molecule has 2 aromatic rings. The third kappa shape index (κ3) is 4.52. The lowest BCUT2D eigenvalue weighted by Crippen LogP contribution is -2.25. The van der Waals surface area contributed by atoms with Crippen LogP contribution in [0, 0.1) is 0 Å². The molecule has 0 saturated carbocycles. The van der Waals surface area contributed by atoms with Gasteiger partial charge in [-0.05, 0) is 44.0 Å². The Morgan fingerprint density at radius 3 is 2.92 bits per heavy atom. The minimum atomic E-state index is -0.272. The number of carbonyl (C=O) groups is 1. The van der Waals surface area contributed by atoms with Gasteiger partial charge >= 0.3 is 5.69 Å². The number of aromatic amines is 1. The molecular weight excluding hydrogens is 342 g/mol. The Balaban J connectivity index is 1.61. The molecule has 1 N–H and O–H groups in total. The normalized spacial score (nSPS) is 16.9. The fourth-order valence-corrected chi connectivity index (χ4v) is 3.53. The summed E-state index contributed by atoms with van der Waals surface area (Å²) in [4.78, 5) is 24.3. The molecule has 0 unspecified atom stereocenters. The van der Waals surface area contributed by atoms with Crippen molar-refractivity contribution in [3.05, 3.63) is 40.3 Å². The Bertz CT molecular complexity index is 763. The van der Waals surface area contributed by atoms with Crippen LogP contribution in [-0.4, -0.2) is 45.6 Å². The minimum absolute atomic E-state index is 0.0211. The number of thioether (sulfide) groups is 1. The number of carbonyl (C=O) groups excluding carboxylic acids is 1. The lowest BCUT2D eigenvalue weighted by molar-refractivity contribution is 0.0941. The molecule has 3 rings (SSSR count). The van der Waals surface area contributed by atoms with Gasteiger partial charge in [-0.1, -0.05) is 11.8 Å². The van der Waals surface area contributed by atoms with Crippen molar-refractivity contribution in [1.82, 2.24) is 14.8 Å². The largest absolute Gasteiger partial charge is 0.494 e. The van der Waals surface area contributed by atoms with E-state index in [1.165, 1.54) is 11.8 Å². The van der Waals surface area contributed by atoms with Gasteiger partial charge in [-0.15, -0.1) is 5.10 Å². The number of ketones is 1. The summed E-state index contributed by atoms with van der Waals surface area (Å²) in [6.07, 6.45) is 1.99. The number of hydrogen-bond acceptors (Lipinski definition) is 6. The molecule has 0 amide bonds. The quantitative estimate of drug-likeness (QED) is 0.571. The van der Waals surface area contributed by atoms with E-state index in [9.17, 15) is 9.59 Å². The molecule has 134 valence electrons. The van der Waals surface area contributed by atoms with E-state index in [0.29, 0.717) is 23.9 Å². The molecule has 1 aliphatic rings. The fourth-order valence-electron chi connectivity index (χ4n) is 2.68. The molecule has 0 aliphatic carbocycles. The van der Waals surface area contributed by atoms with E-state index in [1.807, 2.05) is 6.92 Å². The minimum Gasteiger partial charge on any atom is -0.494 e. The number of rotatable bonds is 8. The Labute approximate surface area is 149 Å². The van der Waals surface area contributed by atoms with Crippen molar-refractivity contribution in [2.24, 2.45) is 0 Å². The van der Waals surface area contributed by atoms with E-state index < -0.39 is 0 Å². The molecule has 0 spiro atoms. The molecule has 1 aromatic heterocycles. The van der Waals surface area contributed by atoms with Gasteiger partial charge in [0, 0.05) is 12.2 Å². The Morgan fingerprint density at radius 2 is 2.24 bits per heavy atom. The topological polar surface area (TPSA) is 86.2 Å². The first kappa shape index (κ1) is 17.8. The van der Waals surface area contributed by atoms with Gasteiger partial charge in [0.15, 0.2) is 10.9 Å². The third-order valence-corrected chi connectivity index (χ3v) is 4.93. The van der Waals surface area contributed by atoms with Crippen LogP contribution >= 0.6 is 11.8 Å². The van der Waals surface area contributed by atoms with Crippen molar-refractivity contribution in [1.29, 1.82) is 0 Å². The van der Waals surface area contributed by atoms with Crippen LogP contribution in [0.4, 0.5) is 0 Å². The van der Waals surface area contributed by atoms with Crippen molar-refractivity contribution >= 4 is 17.5 Å². The Kier molecular flexibility index (Phi) is 5.93. The highest BCUT2D eigenvalue weighted by molar-refractivity contribution is 7.99. The number of ether oxygens (including phenoxy) is 2. The monoisotopic (exact) mass is 363 g/mol. The number of hydrogen-bond donors (Lipinski definition) is 1. The maximum atomic E-state index is 12.3. The molecule has 1 fully saturated rings. The molecule has 1 aromatic carbocycles. The van der Waals surface area contributed by atoms with E-state index in [-0.39, 0.29) is 23.3 Å². The van der Waals surface area contributed by atoms with Gasteiger partial charge in [0.2, 0.25) is 0 Å². The summed E-state index contributed by atoms with van der Waals surface area (Å²) in [6.45, 7) is 3.70. The average molecular weight is 363 g/mol. The fraction of sp³-hybridized carbons (Fsp3) is 0.471. The number of H-pyrrole nitrogens is 1. The summed E-state index contributed by atoms with van der Waals surface area (Å²) in [6, 6.07) is 7.06. The number of nitrogens with zero attached hydrogens (tertiary/aromatic N) is 2. The van der Waals surface area contributed by atoms with Gasteiger partial charge in [-0.3, -0.25) is 9.36 Å². The molecule has 25 heavy (non-hydrogen) atoms. The van der Waals surface area contributed by atoms with Crippen molar-refractivity contribution in [2.45, 2.75) is 37.6 Å². The molecule has 1 saturated heterocycles. The molecule has 8 heteroatoms. The first-order valence-corrected chi connectivity index (χ1v) is 9.31. The molecular formula is C17H21N3O4S. The second-order valence-electron chi connectivity index (χ2n) is 5.73. The second-order valence-corrected chi connectivity index (χ2v) is 6.67. The van der Waals surface area contributed by atoms with E-state index >= 15 is 0 Å². The van der Waals surface area contributed by atoms with Gasteiger partial charge in [0.05, 0.1) is 25.0 Å². The summed E-state index contributed by atoms with van der Waals surface area (Å²) >= 11 is 1.25. The van der Waals surface area contributed by atoms with Crippen LogP contribution in [0.25, 0.3) is 0 Å². The SMILES string of the molecule is CCOc1ccc(C(=O)CSc2n[nH]c(=O)n2C[C@H]2CCCO2)cc1. The lowest BCUT2D eigenvalue weighted by atomic mass is 10.1. The Morgan fingerprint density at radius 1 is 1.44 bits per heavy atom. The molecule has 0 radical (unpaired) electrons. The van der Waals surface area contributed by atoms with Crippen molar-refractivity contribution in [3.8, 4) is 5.75 Å². The van der Waals surface area contributed by atoms with Crippen molar-refractivity contribution < 1.29 is 14.3 Å². The van der Waals surface area contributed by atoms with Crippen LogP contribution in [-0.2, 0) is 11.3 Å². The highest BCUT2D eigenvalue weighted by Gasteiger charge is 2.20. The number of benzene rings is 1. The summed E-state index contributed by atoms with van der Waals surface area (Å²) in [7, 11) is 0. The van der Waals surface area contributed by atoms with Crippen LogP contribution in [0.15, 0.2) is 34.2 Å². The van der Waals surface area contributed by atoms with Gasteiger partial charge in [-0.2, -0.15) is 0 Å². The van der Waals surface area contributed by atoms with Crippen LogP contribution in [0.3, 0.4) is 0 Å². The second kappa shape index (κ2) is 8.35. The van der Waals surface area contributed by atoms with E-state index in [2.05, 4.69) is 10.2 Å². The number of nitrogens with one attached hydrogen (secondary N) is 1. The van der Waals surface area contributed by atoms with Crippen molar-refractivity contribution in [2.75, 3.05) is 19.0 Å². The van der Waals surface area contributed by atoms with Crippen LogP contribution in [0.5, 0.6) is 5.75 Å². The van der Waals surface area contributed by atoms with E-state index in [4.69, 9.17) is 9.47 Å². The smallest absolute Gasteiger partial charge is 0.344 e. The lowest BCUT2D eigenvalue weighted by Gasteiger charge is -2.10. The maximum absolute atomic E-state index is 12.3. The third-order valence-electron chi connectivity index (χ3n) is 3.95. The standard InChI is InChI=1S/C17H21N3O4S/c1-2-23-13-7-5-12(6-8-13)15(21)11-25-17-19-18-16(22)20(17)10-14-4-3-9-24-14/h5-8,14H,2-4,9-11H2,1H3,(H,18,22)/t14-/m1/s1. The van der Waals surface area contributed by atoms with Crippen LogP contribution in [0.2, 0.25) is 0 Å². The summed E-state index contributed by atoms with van der Waals surface area (Å²) < 4.78 is 12.5. The molecule has 7 nitrogen and oxygen atoms in total. The van der Waals surface area contributed by atoms with Gasteiger partial charge in [0.1, 0.15) is 5.75 Å².